The van der Waals surface area contributed by atoms with Crippen molar-refractivity contribution in [1.29, 1.82) is 0 Å². The van der Waals surface area contributed by atoms with Crippen LogP contribution in [0.4, 0.5) is 36.3 Å². The monoisotopic (exact) mass is 603 g/mol. The molecule has 39 heavy (non-hydrogen) atoms. The van der Waals surface area contributed by atoms with Gasteiger partial charge in [-0.1, -0.05) is 6.07 Å². The highest BCUT2D eigenvalue weighted by molar-refractivity contribution is 9.10. The second-order valence-corrected chi connectivity index (χ2v) is 9.11. The number of halogens is 4. The van der Waals surface area contributed by atoms with Gasteiger partial charge in [-0.15, -0.1) is 0 Å². The summed E-state index contributed by atoms with van der Waals surface area (Å²) in [5, 5.41) is 21.2. The average molecular weight is 604 g/mol. The number of aryl methyl sites for hydroxylation is 1. The summed E-state index contributed by atoms with van der Waals surface area (Å²) in [7, 11) is 1.39. The Morgan fingerprint density at radius 2 is 1.90 bits per heavy atom. The van der Waals surface area contributed by atoms with Gasteiger partial charge in [0.1, 0.15) is 11.4 Å². The maximum absolute atomic E-state index is 13.8. The molecule has 4 aromatic rings. The predicted molar refractivity (Wildman–Crippen MR) is 143 cm³/mol. The standard InChI is InChI=1S/C25H23BrF3N8O2/c1-14-4-5-19(17(26)10-14)35-24-31-12-16(25(27,28)29)22(36-24)34-20-7-6-18(33-21(20)23(39)30-2)15-11-32-37(13-15)8-3-9-38/h4-7,10-13,38H,1,3,8-9H2,2H3,(H,30,39)(H2,31,34,35,36). The van der Waals surface area contributed by atoms with E-state index in [0.29, 0.717) is 40.6 Å². The largest absolute Gasteiger partial charge is 0.421 e. The molecule has 1 aromatic carbocycles. The van der Waals surface area contributed by atoms with Crippen LogP contribution in [-0.4, -0.2) is 49.4 Å². The molecule has 0 fully saturated rings. The Morgan fingerprint density at radius 3 is 2.59 bits per heavy atom. The van der Waals surface area contributed by atoms with E-state index in [1.807, 2.05) is 0 Å². The van der Waals surface area contributed by atoms with Gasteiger partial charge in [0.25, 0.3) is 5.91 Å². The van der Waals surface area contributed by atoms with Gasteiger partial charge in [-0.25, -0.2) is 9.97 Å². The molecule has 0 atom stereocenters. The molecule has 1 amide bonds. The van der Waals surface area contributed by atoms with Crippen molar-refractivity contribution >= 4 is 45.0 Å². The Bertz CT molecular complexity index is 1490. The first-order valence-electron chi connectivity index (χ1n) is 11.6. The number of pyridine rings is 1. The van der Waals surface area contributed by atoms with Gasteiger partial charge in [0.15, 0.2) is 5.69 Å². The van der Waals surface area contributed by atoms with Crippen molar-refractivity contribution in [2.45, 2.75) is 19.1 Å². The number of alkyl halides is 3. The maximum atomic E-state index is 13.8. The quantitative estimate of drug-likeness (QED) is 0.212. The van der Waals surface area contributed by atoms with Crippen LogP contribution in [0, 0.1) is 6.92 Å². The van der Waals surface area contributed by atoms with Gasteiger partial charge < -0.3 is 21.1 Å². The molecule has 203 valence electrons. The number of hydrogen-bond donors (Lipinski definition) is 4. The number of aromatic nitrogens is 5. The van der Waals surface area contributed by atoms with Crippen LogP contribution in [0.15, 0.2) is 53.4 Å². The number of aliphatic hydroxyl groups excluding tert-OH is 1. The highest BCUT2D eigenvalue weighted by Crippen LogP contribution is 2.36. The fraction of sp³-hybridized carbons (Fsp3) is 0.200. The van der Waals surface area contributed by atoms with Crippen molar-refractivity contribution in [3.63, 3.8) is 0 Å². The van der Waals surface area contributed by atoms with E-state index in [1.54, 1.807) is 41.3 Å². The Hall–Kier alpha value is -4.04. The molecule has 0 saturated heterocycles. The van der Waals surface area contributed by atoms with Crippen LogP contribution in [0.2, 0.25) is 0 Å². The number of carbonyl (C=O) groups is 1. The summed E-state index contributed by atoms with van der Waals surface area (Å²) < 4.78 is 43.8. The Kier molecular flexibility index (Phi) is 8.45. The van der Waals surface area contributed by atoms with E-state index in [9.17, 15) is 18.0 Å². The number of anilines is 4. The zero-order chi connectivity index (χ0) is 28.2. The third-order valence-corrected chi connectivity index (χ3v) is 6.10. The van der Waals surface area contributed by atoms with Crippen molar-refractivity contribution in [2.75, 3.05) is 24.3 Å². The predicted octanol–water partition coefficient (Wildman–Crippen LogP) is 4.93. The van der Waals surface area contributed by atoms with Crippen molar-refractivity contribution in [3.8, 4) is 11.3 Å². The molecular weight excluding hydrogens is 581 g/mol. The van der Waals surface area contributed by atoms with E-state index in [1.165, 1.54) is 13.1 Å². The van der Waals surface area contributed by atoms with Crippen LogP contribution in [0.1, 0.15) is 28.0 Å². The summed E-state index contributed by atoms with van der Waals surface area (Å²) in [5.41, 5.74) is 0.958. The smallest absolute Gasteiger partial charge is 0.396 e. The molecule has 0 aliphatic rings. The third kappa shape index (κ3) is 6.70. The van der Waals surface area contributed by atoms with Gasteiger partial charge in [-0.3, -0.25) is 9.48 Å². The van der Waals surface area contributed by atoms with Gasteiger partial charge in [0, 0.05) is 42.6 Å². The van der Waals surface area contributed by atoms with Crippen LogP contribution in [0.5, 0.6) is 0 Å². The molecule has 4 N–H and O–H groups in total. The second kappa shape index (κ2) is 11.8. The lowest BCUT2D eigenvalue weighted by Crippen LogP contribution is -2.21. The topological polar surface area (TPSA) is 130 Å². The molecule has 1 radical (unpaired) electrons. The number of aliphatic hydroxyl groups is 1. The van der Waals surface area contributed by atoms with Crippen LogP contribution in [0.3, 0.4) is 0 Å². The zero-order valence-electron chi connectivity index (χ0n) is 20.6. The molecule has 0 unspecified atom stereocenters. The normalized spacial score (nSPS) is 11.4. The van der Waals surface area contributed by atoms with Gasteiger partial charge in [0.05, 0.1) is 23.3 Å². The number of rotatable bonds is 9. The molecule has 3 aromatic heterocycles. The summed E-state index contributed by atoms with van der Waals surface area (Å²) in [6, 6.07) is 8.11. The lowest BCUT2D eigenvalue weighted by Gasteiger charge is -2.17. The molecule has 0 saturated carbocycles. The molecule has 10 nitrogen and oxygen atoms in total. The number of nitrogens with one attached hydrogen (secondary N) is 3. The van der Waals surface area contributed by atoms with E-state index < -0.39 is 23.5 Å². The van der Waals surface area contributed by atoms with Crippen LogP contribution in [-0.2, 0) is 12.7 Å². The molecule has 0 spiro atoms. The second-order valence-electron chi connectivity index (χ2n) is 8.26. The molecule has 0 aliphatic carbocycles. The molecular formula is C25H23BrF3N8O2. The van der Waals surface area contributed by atoms with Crippen LogP contribution < -0.4 is 16.0 Å². The first-order chi connectivity index (χ1) is 18.6. The van der Waals surface area contributed by atoms with Crippen molar-refractivity contribution in [3.05, 3.63) is 77.1 Å². The summed E-state index contributed by atoms with van der Waals surface area (Å²) in [4.78, 5) is 24.9. The lowest BCUT2D eigenvalue weighted by atomic mass is 10.1. The number of benzene rings is 1. The molecule has 3 heterocycles. The van der Waals surface area contributed by atoms with Crippen molar-refractivity contribution in [1.82, 2.24) is 30.0 Å². The Balaban J connectivity index is 1.71. The van der Waals surface area contributed by atoms with Gasteiger partial charge in [0.2, 0.25) is 5.95 Å². The fourth-order valence-corrected chi connectivity index (χ4v) is 4.04. The third-order valence-electron chi connectivity index (χ3n) is 5.44. The van der Waals surface area contributed by atoms with Gasteiger partial charge in [-0.2, -0.15) is 23.3 Å². The Morgan fingerprint density at radius 1 is 1.13 bits per heavy atom. The van der Waals surface area contributed by atoms with E-state index in [2.05, 4.69) is 58.9 Å². The zero-order valence-corrected chi connectivity index (χ0v) is 22.1. The Labute approximate surface area is 229 Å². The van der Waals surface area contributed by atoms with Crippen molar-refractivity contribution < 1.29 is 23.1 Å². The first-order valence-corrected chi connectivity index (χ1v) is 12.3. The van der Waals surface area contributed by atoms with E-state index in [-0.39, 0.29) is 23.9 Å². The van der Waals surface area contributed by atoms with Crippen LogP contribution >= 0.6 is 15.9 Å². The van der Waals surface area contributed by atoms with Crippen molar-refractivity contribution in [2.24, 2.45) is 0 Å². The molecule has 0 aliphatic heterocycles. The molecule has 14 heteroatoms. The number of carbonyl (C=O) groups excluding carboxylic acids is 1. The average Bonchev–Trinajstić information content (AvgIpc) is 3.37. The number of hydrogen-bond acceptors (Lipinski definition) is 8. The molecule has 0 bridgehead atoms. The SMILES string of the molecule is [CH2]c1ccc(Nc2ncc(C(F)(F)F)c(Nc3ccc(-c4cnn(CCCO)c4)nc3C(=O)NC)n2)c(Br)c1. The van der Waals surface area contributed by atoms with Gasteiger partial charge >= 0.3 is 6.18 Å². The summed E-state index contributed by atoms with van der Waals surface area (Å²) in [6.45, 7) is 4.31. The van der Waals surface area contributed by atoms with E-state index in [4.69, 9.17) is 5.11 Å². The molecule has 4 rings (SSSR count). The van der Waals surface area contributed by atoms with E-state index >= 15 is 0 Å². The summed E-state index contributed by atoms with van der Waals surface area (Å²) in [6.07, 6.45) is -0.369. The van der Waals surface area contributed by atoms with Gasteiger partial charge in [-0.05, 0) is 59.1 Å². The minimum absolute atomic E-state index is 0.00325. The number of amides is 1. The summed E-state index contributed by atoms with van der Waals surface area (Å²) >= 11 is 3.37. The minimum Gasteiger partial charge on any atom is -0.396 e. The highest BCUT2D eigenvalue weighted by atomic mass is 79.9. The maximum Gasteiger partial charge on any atom is 0.421 e. The van der Waals surface area contributed by atoms with Crippen LogP contribution in [0.25, 0.3) is 11.3 Å². The summed E-state index contributed by atoms with van der Waals surface area (Å²) in [5.74, 6) is -1.30. The lowest BCUT2D eigenvalue weighted by molar-refractivity contribution is -0.137. The highest BCUT2D eigenvalue weighted by Gasteiger charge is 2.36. The fourth-order valence-electron chi connectivity index (χ4n) is 3.52. The number of nitrogens with zero attached hydrogens (tertiary/aromatic N) is 5. The minimum atomic E-state index is -4.78. The van der Waals surface area contributed by atoms with E-state index in [0.717, 1.165) is 5.56 Å². The first kappa shape index (κ1) is 28.0.